The van der Waals surface area contributed by atoms with Crippen molar-refractivity contribution in [2.75, 3.05) is 10.0 Å². The van der Waals surface area contributed by atoms with E-state index in [1.54, 1.807) is 30.5 Å². The van der Waals surface area contributed by atoms with Gasteiger partial charge in [-0.05, 0) is 60.7 Å². The second kappa shape index (κ2) is 9.00. The number of benzene rings is 3. The number of halogens is 3. The van der Waals surface area contributed by atoms with Crippen molar-refractivity contribution in [1.29, 1.82) is 0 Å². The third-order valence-corrected chi connectivity index (χ3v) is 6.12. The molecule has 0 atom stereocenters. The number of sulfonamides is 1. The highest BCUT2D eigenvalue weighted by molar-refractivity contribution is 7.92. The average Bonchev–Trinajstić information content (AvgIpc) is 3.22. The number of hydrogen-bond acceptors (Lipinski definition) is 4. The van der Waals surface area contributed by atoms with Crippen LogP contribution in [0.15, 0.2) is 83.9 Å². The van der Waals surface area contributed by atoms with Gasteiger partial charge in [-0.25, -0.2) is 21.9 Å². The highest BCUT2D eigenvalue weighted by Gasteiger charge is 2.20. The van der Waals surface area contributed by atoms with E-state index in [-0.39, 0.29) is 16.4 Å². The zero-order chi connectivity index (χ0) is 23.6. The van der Waals surface area contributed by atoms with Crippen molar-refractivity contribution in [2.45, 2.75) is 4.90 Å². The summed E-state index contributed by atoms with van der Waals surface area (Å²) in [6.07, 6.45) is 1.58. The predicted octanol–water partition coefficient (Wildman–Crippen LogP) is 4.86. The molecule has 0 aliphatic heterocycles. The third kappa shape index (κ3) is 5.18. The molecule has 0 saturated heterocycles. The Balaban J connectivity index is 1.55. The minimum absolute atomic E-state index is 0.0157. The van der Waals surface area contributed by atoms with E-state index in [0.29, 0.717) is 10.7 Å². The Morgan fingerprint density at radius 2 is 1.73 bits per heavy atom. The maximum Gasteiger partial charge on any atom is 0.261 e. The van der Waals surface area contributed by atoms with Crippen molar-refractivity contribution < 1.29 is 22.0 Å². The number of carbonyl (C=O) groups is 1. The highest BCUT2D eigenvalue weighted by atomic mass is 35.5. The van der Waals surface area contributed by atoms with Gasteiger partial charge in [-0.2, -0.15) is 5.10 Å². The Hall–Kier alpha value is -3.76. The average molecular weight is 489 g/mol. The van der Waals surface area contributed by atoms with Crippen LogP contribution in [0, 0.1) is 11.6 Å². The molecule has 0 radical (unpaired) electrons. The van der Waals surface area contributed by atoms with Crippen LogP contribution in [0.5, 0.6) is 0 Å². The number of hydrogen-bond donors (Lipinski definition) is 2. The zero-order valence-electron chi connectivity index (χ0n) is 16.7. The summed E-state index contributed by atoms with van der Waals surface area (Å²) in [5.41, 5.74) is 0.166. The fourth-order valence-corrected chi connectivity index (χ4v) is 4.12. The minimum Gasteiger partial charge on any atom is -0.305 e. The largest absolute Gasteiger partial charge is 0.305 e. The first-order chi connectivity index (χ1) is 15.7. The van der Waals surface area contributed by atoms with Crippen LogP contribution in [0.1, 0.15) is 10.4 Å². The van der Waals surface area contributed by atoms with Gasteiger partial charge in [0.05, 0.1) is 21.8 Å². The molecule has 1 amide bonds. The van der Waals surface area contributed by atoms with Gasteiger partial charge < -0.3 is 5.32 Å². The van der Waals surface area contributed by atoms with Gasteiger partial charge in [0.25, 0.3) is 15.9 Å². The summed E-state index contributed by atoms with van der Waals surface area (Å²) < 4.78 is 56.6. The van der Waals surface area contributed by atoms with E-state index >= 15 is 0 Å². The summed E-state index contributed by atoms with van der Waals surface area (Å²) in [6.45, 7) is 0. The predicted molar refractivity (Wildman–Crippen MR) is 120 cm³/mol. The fraction of sp³-hybridized carbons (Fsp3) is 0. The molecule has 0 aliphatic rings. The van der Waals surface area contributed by atoms with Crippen LogP contribution in [-0.2, 0) is 10.0 Å². The topological polar surface area (TPSA) is 93.1 Å². The first-order valence-corrected chi connectivity index (χ1v) is 11.3. The van der Waals surface area contributed by atoms with Crippen LogP contribution < -0.4 is 10.0 Å². The zero-order valence-corrected chi connectivity index (χ0v) is 18.2. The maximum absolute atomic E-state index is 14.3. The fourth-order valence-electron chi connectivity index (χ4n) is 2.92. The molecular weight excluding hydrogens is 474 g/mol. The lowest BCUT2D eigenvalue weighted by molar-refractivity contribution is 0.102. The summed E-state index contributed by atoms with van der Waals surface area (Å²) in [7, 11) is -4.21. The van der Waals surface area contributed by atoms with Crippen LogP contribution in [0.2, 0.25) is 5.02 Å². The molecule has 0 spiro atoms. The van der Waals surface area contributed by atoms with Crippen molar-refractivity contribution in [3.63, 3.8) is 0 Å². The molecule has 11 heteroatoms. The third-order valence-electron chi connectivity index (χ3n) is 4.49. The molecule has 7 nitrogen and oxygen atoms in total. The van der Waals surface area contributed by atoms with Crippen LogP contribution in [0.25, 0.3) is 5.69 Å². The lowest BCUT2D eigenvalue weighted by Gasteiger charge is -2.10. The Labute approximate surface area is 192 Å². The molecule has 1 aromatic heterocycles. The van der Waals surface area contributed by atoms with Crippen molar-refractivity contribution >= 4 is 39.0 Å². The molecule has 0 unspecified atom stereocenters. The minimum atomic E-state index is -4.21. The number of carbonyl (C=O) groups excluding carboxylic acids is 1. The Bertz CT molecular complexity index is 1440. The van der Waals surface area contributed by atoms with Crippen molar-refractivity contribution in [3.8, 4) is 5.69 Å². The lowest BCUT2D eigenvalue weighted by Crippen LogP contribution is -2.17. The molecule has 0 aliphatic carbocycles. The molecule has 168 valence electrons. The van der Waals surface area contributed by atoms with Crippen LogP contribution >= 0.6 is 11.6 Å². The van der Waals surface area contributed by atoms with Gasteiger partial charge in [0, 0.05) is 17.3 Å². The van der Waals surface area contributed by atoms with Crippen LogP contribution in [0.3, 0.4) is 0 Å². The smallest absolute Gasteiger partial charge is 0.261 e. The quantitative estimate of drug-likeness (QED) is 0.405. The van der Waals surface area contributed by atoms with E-state index in [2.05, 4.69) is 15.1 Å². The van der Waals surface area contributed by atoms with Crippen molar-refractivity contribution in [3.05, 3.63) is 101 Å². The molecule has 4 aromatic rings. The summed E-state index contributed by atoms with van der Waals surface area (Å²) in [5.74, 6) is -2.32. The van der Waals surface area contributed by atoms with E-state index in [4.69, 9.17) is 11.6 Å². The van der Waals surface area contributed by atoms with E-state index in [9.17, 15) is 22.0 Å². The van der Waals surface area contributed by atoms with Crippen LogP contribution in [0.4, 0.5) is 20.3 Å². The Morgan fingerprint density at radius 1 is 0.970 bits per heavy atom. The standard InChI is InChI=1S/C22H15ClF2N4O3S/c23-14-4-6-17(7-5-14)29-11-10-21(27-29)26-22(30)19-13-18(8-9-20(19)25)33(31,32)28-16-3-1-2-15(24)12-16/h1-13,28H,(H,26,27,30). The van der Waals surface area contributed by atoms with Gasteiger partial charge in [0.1, 0.15) is 11.6 Å². The Morgan fingerprint density at radius 3 is 2.45 bits per heavy atom. The SMILES string of the molecule is O=C(Nc1ccn(-c2ccc(Cl)cc2)n1)c1cc(S(=O)(=O)Nc2cccc(F)c2)ccc1F. The number of nitrogens with one attached hydrogen (secondary N) is 2. The number of rotatable bonds is 6. The number of amides is 1. The first kappa shape index (κ1) is 22.4. The molecule has 3 aromatic carbocycles. The summed E-state index contributed by atoms with van der Waals surface area (Å²) >= 11 is 5.87. The normalized spacial score (nSPS) is 11.2. The molecule has 2 N–H and O–H groups in total. The van der Waals surface area contributed by atoms with Crippen molar-refractivity contribution in [2.24, 2.45) is 0 Å². The number of anilines is 2. The van der Waals surface area contributed by atoms with E-state index in [1.165, 1.54) is 22.9 Å². The maximum atomic E-state index is 14.3. The summed E-state index contributed by atoms with van der Waals surface area (Å²) in [4.78, 5) is 12.3. The van der Waals surface area contributed by atoms with Gasteiger partial charge in [0.2, 0.25) is 0 Å². The van der Waals surface area contributed by atoms with Crippen LogP contribution in [-0.4, -0.2) is 24.1 Å². The van der Waals surface area contributed by atoms with Gasteiger partial charge in [-0.15, -0.1) is 0 Å². The second-order valence-corrected chi connectivity index (χ2v) is 8.95. The van der Waals surface area contributed by atoms with E-state index in [0.717, 1.165) is 30.3 Å². The first-order valence-electron chi connectivity index (χ1n) is 9.42. The lowest BCUT2D eigenvalue weighted by atomic mass is 10.2. The summed E-state index contributed by atoms with van der Waals surface area (Å²) in [5, 5.41) is 7.18. The molecular formula is C22H15ClF2N4O3S. The van der Waals surface area contributed by atoms with Gasteiger partial charge in [0.15, 0.2) is 5.82 Å². The molecule has 33 heavy (non-hydrogen) atoms. The molecule has 0 saturated carbocycles. The van der Waals surface area contributed by atoms with Crippen molar-refractivity contribution in [1.82, 2.24) is 9.78 Å². The monoisotopic (exact) mass is 488 g/mol. The number of aromatic nitrogens is 2. The second-order valence-electron chi connectivity index (χ2n) is 6.83. The van der Waals surface area contributed by atoms with Gasteiger partial charge in [-0.3, -0.25) is 9.52 Å². The molecule has 4 rings (SSSR count). The summed E-state index contributed by atoms with van der Waals surface area (Å²) in [6, 6.07) is 15.9. The highest BCUT2D eigenvalue weighted by Crippen LogP contribution is 2.21. The van der Waals surface area contributed by atoms with E-state index in [1.807, 2.05) is 0 Å². The molecule has 0 bridgehead atoms. The molecule has 0 fully saturated rings. The van der Waals surface area contributed by atoms with Gasteiger partial charge >= 0.3 is 0 Å². The van der Waals surface area contributed by atoms with E-state index < -0.39 is 33.1 Å². The van der Waals surface area contributed by atoms with Gasteiger partial charge in [-0.1, -0.05) is 17.7 Å². The molecule has 1 heterocycles. The number of nitrogens with zero attached hydrogens (tertiary/aromatic N) is 2. The Kier molecular flexibility index (Phi) is 6.12.